The molecule has 2 aliphatic rings. The van der Waals surface area contributed by atoms with Crippen molar-refractivity contribution in [3.8, 4) is 6.07 Å². The van der Waals surface area contributed by atoms with Gasteiger partial charge in [-0.3, -0.25) is 9.80 Å². The molecule has 14 heteroatoms. The van der Waals surface area contributed by atoms with E-state index < -0.39 is 23.6 Å². The van der Waals surface area contributed by atoms with Crippen LogP contribution in [0.5, 0.6) is 0 Å². The molecular weight excluding hydrogens is 634 g/mol. The first-order chi connectivity index (χ1) is 22.0. The van der Waals surface area contributed by atoms with E-state index >= 15 is 0 Å². The van der Waals surface area contributed by atoms with Crippen LogP contribution in [0.1, 0.15) is 47.9 Å². The monoisotopic (exact) mass is 672 g/mol. The minimum atomic E-state index is -4.26. The zero-order valence-corrected chi connectivity index (χ0v) is 27.9. The van der Waals surface area contributed by atoms with Crippen LogP contribution in [0.3, 0.4) is 0 Å². The fourth-order valence-corrected chi connectivity index (χ4v) is 8.54. The Morgan fingerprint density at radius 2 is 1.89 bits per heavy atom. The normalized spacial score (nSPS) is 20.0. The van der Waals surface area contributed by atoms with Crippen LogP contribution in [-0.4, -0.2) is 85.3 Å². The van der Waals surface area contributed by atoms with Gasteiger partial charge in [0.1, 0.15) is 28.7 Å². The second kappa shape index (κ2) is 13.6. The number of aryl methyl sites for hydroxylation is 1. The molecule has 6 rings (SSSR count). The second-order valence-corrected chi connectivity index (χ2v) is 14.8. The van der Waals surface area contributed by atoms with Gasteiger partial charge in [0, 0.05) is 79.4 Å². The van der Waals surface area contributed by atoms with Crippen molar-refractivity contribution in [2.24, 2.45) is 0 Å². The topological polar surface area (TPSA) is 102 Å². The summed E-state index contributed by atoms with van der Waals surface area (Å²) in [5, 5.41) is 15.2. The molecule has 46 heavy (non-hydrogen) atoms. The number of aromatic nitrogens is 3. The van der Waals surface area contributed by atoms with E-state index in [1.807, 2.05) is 6.07 Å². The largest absolute Gasteiger partial charge is 0.393 e. The van der Waals surface area contributed by atoms with Crippen LogP contribution < -0.4 is 10.0 Å². The Labute approximate surface area is 273 Å². The first-order valence-electron chi connectivity index (χ1n) is 15.6. The average molecular weight is 673 g/mol. The van der Waals surface area contributed by atoms with E-state index in [0.29, 0.717) is 28.3 Å². The number of halogens is 3. The molecule has 1 aromatic carbocycles. The van der Waals surface area contributed by atoms with Crippen molar-refractivity contribution in [2.45, 2.75) is 76.9 Å². The summed E-state index contributed by atoms with van der Waals surface area (Å²) in [7, 11) is -1.03. The van der Waals surface area contributed by atoms with Gasteiger partial charge < -0.3 is 9.88 Å². The highest BCUT2D eigenvalue weighted by molar-refractivity contribution is 7.82. The lowest BCUT2D eigenvalue weighted by atomic mass is 10.0. The van der Waals surface area contributed by atoms with E-state index in [4.69, 9.17) is 0 Å². The summed E-state index contributed by atoms with van der Waals surface area (Å²) < 4.78 is 55.7. The minimum absolute atomic E-state index is 0.170. The standard InChI is InChI=1S/C32H39F3N8OS2/c1-20(42-11-8-24(18-42)40-46(3)44)16-43-25(15-36)12-27-21(2)22(4-5-29(27)43)17-41-9-6-23(7-10-41)39-30-28-13-26(14-32(33,34)35)45-31(28)38-19-37-30/h4-5,12-13,19-20,23-24,40H,6-11,14,16-18H2,1-3H3,(H,37,38,39). The number of piperidine rings is 1. The van der Waals surface area contributed by atoms with Crippen LogP contribution >= 0.6 is 11.3 Å². The van der Waals surface area contributed by atoms with Gasteiger partial charge in [-0.2, -0.15) is 18.4 Å². The van der Waals surface area contributed by atoms with E-state index in [2.05, 4.69) is 66.4 Å². The quantitative estimate of drug-likeness (QED) is 0.234. The van der Waals surface area contributed by atoms with E-state index in [-0.39, 0.29) is 23.0 Å². The molecule has 2 N–H and O–H groups in total. The molecule has 0 saturated carbocycles. The predicted octanol–water partition coefficient (Wildman–Crippen LogP) is 5.35. The Bertz CT molecular complexity index is 1770. The lowest BCUT2D eigenvalue weighted by Crippen LogP contribution is -2.39. The first kappa shape index (κ1) is 32.8. The molecule has 3 unspecified atom stereocenters. The Kier molecular flexibility index (Phi) is 9.68. The number of nitriles is 1. The predicted molar refractivity (Wildman–Crippen MR) is 177 cm³/mol. The summed E-state index contributed by atoms with van der Waals surface area (Å²) in [6.45, 7) is 9.39. The highest BCUT2D eigenvalue weighted by Gasteiger charge is 2.30. The summed E-state index contributed by atoms with van der Waals surface area (Å²) in [4.78, 5) is 14.2. The molecule has 0 radical (unpaired) electrons. The van der Waals surface area contributed by atoms with Gasteiger partial charge in [-0.1, -0.05) is 6.07 Å². The van der Waals surface area contributed by atoms with Crippen LogP contribution in [0, 0.1) is 18.3 Å². The lowest BCUT2D eigenvalue weighted by Gasteiger charge is -2.33. The number of benzene rings is 1. The average Bonchev–Trinajstić information content (AvgIpc) is 3.72. The van der Waals surface area contributed by atoms with Crippen molar-refractivity contribution in [1.29, 1.82) is 5.26 Å². The molecular formula is C32H39F3N8OS2. The Hall–Kier alpha value is -3.09. The first-order valence-corrected chi connectivity index (χ1v) is 18.0. The van der Waals surface area contributed by atoms with Crippen molar-refractivity contribution < 1.29 is 17.4 Å². The maximum Gasteiger partial charge on any atom is 0.393 e. The summed E-state index contributed by atoms with van der Waals surface area (Å²) in [5.41, 5.74) is 4.15. The Balaban J connectivity index is 1.08. The summed E-state index contributed by atoms with van der Waals surface area (Å²) in [6.07, 6.45) is 0.603. The molecule has 4 aromatic rings. The van der Waals surface area contributed by atoms with E-state index in [1.165, 1.54) is 17.5 Å². The second-order valence-electron chi connectivity index (χ2n) is 12.6. The van der Waals surface area contributed by atoms with Crippen molar-refractivity contribution in [3.05, 3.63) is 52.3 Å². The number of hydrogen-bond acceptors (Lipinski definition) is 8. The van der Waals surface area contributed by atoms with Gasteiger partial charge in [-0.25, -0.2) is 18.9 Å². The molecule has 2 fully saturated rings. The summed E-state index contributed by atoms with van der Waals surface area (Å²) >= 11 is 1.07. The van der Waals surface area contributed by atoms with Crippen LogP contribution in [0.2, 0.25) is 0 Å². The minimum Gasteiger partial charge on any atom is -0.367 e. The van der Waals surface area contributed by atoms with Crippen LogP contribution in [0.15, 0.2) is 30.6 Å². The van der Waals surface area contributed by atoms with Crippen molar-refractivity contribution in [1.82, 2.24) is 29.1 Å². The molecule has 5 heterocycles. The van der Waals surface area contributed by atoms with Gasteiger partial charge >= 0.3 is 6.18 Å². The smallest absolute Gasteiger partial charge is 0.367 e. The maximum atomic E-state index is 12.9. The summed E-state index contributed by atoms with van der Waals surface area (Å²) in [6, 6.07) is 10.9. The molecule has 0 aliphatic carbocycles. The number of nitrogens with zero attached hydrogens (tertiary/aromatic N) is 6. The van der Waals surface area contributed by atoms with Gasteiger partial charge in [0.2, 0.25) is 0 Å². The highest BCUT2D eigenvalue weighted by atomic mass is 32.2. The van der Waals surface area contributed by atoms with Crippen LogP contribution in [0.4, 0.5) is 19.0 Å². The molecule has 0 amide bonds. The molecule has 2 saturated heterocycles. The number of anilines is 1. The number of thiophene rings is 1. The SMILES string of the molecule is Cc1c(CN2CCC(Nc3ncnc4sc(CC(F)(F)F)cc34)CC2)ccc2c1cc(C#N)n2CC(C)N1CCC(NS(C)=O)C1. The number of alkyl halides is 3. The van der Waals surface area contributed by atoms with Crippen LogP contribution in [-0.2, 0) is 30.5 Å². The highest BCUT2D eigenvalue weighted by Crippen LogP contribution is 2.33. The van der Waals surface area contributed by atoms with Gasteiger partial charge in [0.25, 0.3) is 0 Å². The van der Waals surface area contributed by atoms with Gasteiger partial charge in [-0.15, -0.1) is 11.3 Å². The van der Waals surface area contributed by atoms with Crippen molar-refractivity contribution in [2.75, 3.05) is 37.8 Å². The Morgan fingerprint density at radius 1 is 1.13 bits per heavy atom. The van der Waals surface area contributed by atoms with Gasteiger partial charge in [0.15, 0.2) is 0 Å². The number of nitrogens with one attached hydrogen (secondary N) is 2. The molecule has 246 valence electrons. The molecule has 0 bridgehead atoms. The van der Waals surface area contributed by atoms with E-state index in [1.54, 1.807) is 12.3 Å². The number of likely N-dealkylation sites (tertiary alicyclic amines) is 2. The third kappa shape index (κ3) is 7.39. The Morgan fingerprint density at radius 3 is 2.61 bits per heavy atom. The zero-order valence-electron chi connectivity index (χ0n) is 26.2. The lowest BCUT2D eigenvalue weighted by molar-refractivity contribution is -0.126. The third-order valence-corrected chi connectivity index (χ3v) is 11.0. The number of rotatable bonds is 10. The molecule has 9 nitrogen and oxygen atoms in total. The fraction of sp³-hybridized carbons (Fsp3) is 0.531. The maximum absolute atomic E-state index is 12.9. The van der Waals surface area contributed by atoms with Crippen molar-refractivity contribution in [3.63, 3.8) is 0 Å². The number of fused-ring (bicyclic) bond motifs is 2. The van der Waals surface area contributed by atoms with E-state index in [0.717, 1.165) is 74.2 Å². The van der Waals surface area contributed by atoms with Crippen LogP contribution in [0.25, 0.3) is 21.1 Å². The zero-order chi connectivity index (χ0) is 32.6. The number of hydrogen-bond donors (Lipinski definition) is 2. The third-order valence-electron chi connectivity index (χ3n) is 9.28. The summed E-state index contributed by atoms with van der Waals surface area (Å²) in [5.74, 6) is 0.597. The van der Waals surface area contributed by atoms with Gasteiger partial charge in [0.05, 0.1) is 22.8 Å². The fourth-order valence-electron chi connectivity index (χ4n) is 6.86. The van der Waals surface area contributed by atoms with Gasteiger partial charge in [-0.05, 0) is 62.4 Å². The molecule has 3 atom stereocenters. The van der Waals surface area contributed by atoms with E-state index in [9.17, 15) is 22.6 Å². The molecule has 2 aliphatic heterocycles. The molecule has 0 spiro atoms. The van der Waals surface area contributed by atoms with Crippen molar-refractivity contribution >= 4 is 49.3 Å². The molecule has 3 aromatic heterocycles.